The smallest absolute Gasteiger partial charge is 0.340 e. The zero-order valence-corrected chi connectivity index (χ0v) is 16.0. The highest BCUT2D eigenvalue weighted by molar-refractivity contribution is 7.11. The number of carbonyl (C=O) groups excluding carboxylic acids is 2. The van der Waals surface area contributed by atoms with Crippen molar-refractivity contribution in [3.8, 4) is 0 Å². The van der Waals surface area contributed by atoms with Crippen molar-refractivity contribution < 1.29 is 18.7 Å². The van der Waals surface area contributed by atoms with E-state index in [9.17, 15) is 14.0 Å². The van der Waals surface area contributed by atoms with E-state index < -0.39 is 5.97 Å². The molecule has 2 aromatic rings. The molecule has 6 heteroatoms. The normalized spacial score (nSPS) is 15.6. The Morgan fingerprint density at radius 1 is 1.22 bits per heavy atom. The van der Waals surface area contributed by atoms with Crippen LogP contribution in [0, 0.1) is 11.7 Å². The van der Waals surface area contributed by atoms with Gasteiger partial charge in [0.05, 0.1) is 5.57 Å². The lowest BCUT2D eigenvalue weighted by Crippen LogP contribution is -2.40. The lowest BCUT2D eigenvalue weighted by molar-refractivity contribution is -0.148. The van der Waals surface area contributed by atoms with Gasteiger partial charge in [-0.15, -0.1) is 11.3 Å². The summed E-state index contributed by atoms with van der Waals surface area (Å²) in [5.41, 5.74) is 1.05. The Bertz CT molecular complexity index is 806. The molecular weight excluding hydrogens is 365 g/mol. The summed E-state index contributed by atoms with van der Waals surface area (Å²) in [6.45, 7) is 3.33. The molecule has 1 aliphatic heterocycles. The van der Waals surface area contributed by atoms with E-state index >= 15 is 0 Å². The second-order valence-corrected chi connectivity index (χ2v) is 7.67. The van der Waals surface area contributed by atoms with Crippen LogP contribution in [-0.4, -0.2) is 36.5 Å². The van der Waals surface area contributed by atoms with Gasteiger partial charge in [0.2, 0.25) is 0 Å². The summed E-state index contributed by atoms with van der Waals surface area (Å²) in [6.07, 6.45) is 3.61. The molecule has 0 radical (unpaired) electrons. The third-order valence-corrected chi connectivity index (χ3v) is 5.55. The van der Waals surface area contributed by atoms with Crippen LogP contribution in [0.15, 0.2) is 41.8 Å². The molecule has 1 saturated heterocycles. The number of halogens is 1. The van der Waals surface area contributed by atoms with Crippen LogP contribution in [0.4, 0.5) is 4.39 Å². The monoisotopic (exact) mass is 387 g/mol. The predicted molar refractivity (Wildman–Crippen MR) is 105 cm³/mol. The van der Waals surface area contributed by atoms with E-state index in [1.54, 1.807) is 23.1 Å². The number of esters is 1. The van der Waals surface area contributed by atoms with E-state index in [1.165, 1.54) is 23.5 Å². The Hall–Kier alpha value is -2.47. The molecule has 1 fully saturated rings. The van der Waals surface area contributed by atoms with Crippen LogP contribution >= 0.6 is 11.3 Å². The lowest BCUT2D eigenvalue weighted by atomic mass is 9.99. The minimum absolute atomic E-state index is 0.164. The first kappa shape index (κ1) is 19.3. The second-order valence-electron chi connectivity index (χ2n) is 6.73. The van der Waals surface area contributed by atoms with Gasteiger partial charge >= 0.3 is 5.97 Å². The van der Waals surface area contributed by atoms with Crippen LogP contribution in [0.5, 0.6) is 0 Å². The Labute approximate surface area is 162 Å². The maximum absolute atomic E-state index is 13.1. The summed E-state index contributed by atoms with van der Waals surface area (Å²) in [7, 11) is 0. The molecule has 0 saturated carbocycles. The Morgan fingerprint density at radius 3 is 2.56 bits per heavy atom. The van der Waals surface area contributed by atoms with Gasteiger partial charge in [-0.1, -0.05) is 25.1 Å². The predicted octanol–water partition coefficient (Wildman–Crippen LogP) is 4.23. The quantitative estimate of drug-likeness (QED) is 0.570. The third kappa shape index (κ3) is 5.26. The van der Waals surface area contributed by atoms with E-state index in [0.29, 0.717) is 30.1 Å². The Morgan fingerprint density at radius 2 is 1.93 bits per heavy atom. The molecule has 0 unspecified atom stereocenters. The van der Waals surface area contributed by atoms with E-state index in [2.05, 4.69) is 6.92 Å². The first-order valence-electron chi connectivity index (χ1n) is 8.99. The molecule has 0 N–H and O–H groups in total. The molecule has 3 rings (SSSR count). The summed E-state index contributed by atoms with van der Waals surface area (Å²) in [6, 6.07) is 9.52. The van der Waals surface area contributed by atoms with Gasteiger partial charge in [-0.25, -0.2) is 9.18 Å². The molecule has 0 atom stereocenters. The number of amides is 1. The van der Waals surface area contributed by atoms with E-state index in [-0.39, 0.29) is 18.3 Å². The van der Waals surface area contributed by atoms with Crippen molar-refractivity contribution in [2.75, 3.05) is 19.7 Å². The number of piperidine rings is 1. The van der Waals surface area contributed by atoms with Crippen LogP contribution in [0.2, 0.25) is 0 Å². The first-order chi connectivity index (χ1) is 13.0. The average Bonchev–Trinajstić information content (AvgIpc) is 3.20. The fourth-order valence-corrected chi connectivity index (χ4v) is 3.67. The van der Waals surface area contributed by atoms with E-state index in [4.69, 9.17) is 4.74 Å². The van der Waals surface area contributed by atoms with Gasteiger partial charge in [-0.05, 0) is 54.0 Å². The zero-order chi connectivity index (χ0) is 19.2. The number of rotatable bonds is 5. The number of likely N-dealkylation sites (tertiary alicyclic amines) is 1. The van der Waals surface area contributed by atoms with Crippen LogP contribution in [0.1, 0.15) is 30.2 Å². The molecule has 1 aromatic carbocycles. The minimum Gasteiger partial charge on any atom is -0.452 e. The zero-order valence-electron chi connectivity index (χ0n) is 15.2. The second kappa shape index (κ2) is 8.95. The van der Waals surface area contributed by atoms with Gasteiger partial charge in [-0.3, -0.25) is 4.79 Å². The fraction of sp³-hybridized carbons (Fsp3) is 0.333. The summed E-state index contributed by atoms with van der Waals surface area (Å²) in [4.78, 5) is 27.4. The lowest BCUT2D eigenvalue weighted by Gasteiger charge is -2.30. The molecule has 1 aromatic heterocycles. The number of hydrogen-bond acceptors (Lipinski definition) is 4. The van der Waals surface area contributed by atoms with Gasteiger partial charge < -0.3 is 9.64 Å². The number of thiophene rings is 1. The third-order valence-electron chi connectivity index (χ3n) is 4.65. The van der Waals surface area contributed by atoms with Crippen molar-refractivity contribution >= 4 is 34.9 Å². The molecule has 0 aliphatic carbocycles. The van der Waals surface area contributed by atoms with Crippen LogP contribution in [-0.2, 0) is 14.3 Å². The number of benzene rings is 1. The number of carbonyl (C=O) groups is 2. The van der Waals surface area contributed by atoms with Crippen molar-refractivity contribution in [1.82, 2.24) is 4.90 Å². The van der Waals surface area contributed by atoms with Crippen molar-refractivity contribution in [1.29, 1.82) is 0 Å². The molecule has 4 nitrogen and oxygen atoms in total. The maximum Gasteiger partial charge on any atom is 0.340 e. The number of ether oxygens (including phenoxy) is 1. The van der Waals surface area contributed by atoms with Crippen molar-refractivity contribution in [2.45, 2.75) is 19.8 Å². The number of nitrogens with zero attached hydrogens (tertiary/aromatic N) is 1. The molecule has 1 aliphatic rings. The summed E-state index contributed by atoms with van der Waals surface area (Å²) >= 11 is 1.41. The topological polar surface area (TPSA) is 46.6 Å². The van der Waals surface area contributed by atoms with E-state index in [0.717, 1.165) is 17.7 Å². The molecule has 0 spiro atoms. The first-order valence-corrected chi connectivity index (χ1v) is 9.87. The highest BCUT2D eigenvalue weighted by Crippen LogP contribution is 2.24. The average molecular weight is 387 g/mol. The summed E-state index contributed by atoms with van der Waals surface area (Å²) in [5.74, 6) is -0.433. The van der Waals surface area contributed by atoms with Gasteiger partial charge in [0.1, 0.15) is 5.82 Å². The van der Waals surface area contributed by atoms with Gasteiger partial charge in [-0.2, -0.15) is 0 Å². The van der Waals surface area contributed by atoms with Crippen LogP contribution < -0.4 is 0 Å². The molecular formula is C21H22FNO3S. The SMILES string of the molecule is CC1CCN(C(=O)COC(=O)C(=Cc2ccc(F)cc2)c2cccs2)CC1. The molecule has 1 amide bonds. The van der Waals surface area contributed by atoms with Gasteiger partial charge in [0.25, 0.3) is 5.91 Å². The summed E-state index contributed by atoms with van der Waals surface area (Å²) in [5, 5.41) is 1.86. The van der Waals surface area contributed by atoms with Gasteiger partial charge in [0, 0.05) is 18.0 Å². The molecule has 142 valence electrons. The van der Waals surface area contributed by atoms with Crippen molar-refractivity contribution in [2.24, 2.45) is 5.92 Å². The summed E-state index contributed by atoms with van der Waals surface area (Å²) < 4.78 is 18.4. The van der Waals surface area contributed by atoms with Crippen LogP contribution in [0.3, 0.4) is 0 Å². The van der Waals surface area contributed by atoms with Crippen LogP contribution in [0.25, 0.3) is 11.6 Å². The minimum atomic E-state index is -0.555. The molecule has 0 bridgehead atoms. The maximum atomic E-state index is 13.1. The fourth-order valence-electron chi connectivity index (χ4n) is 2.94. The Balaban J connectivity index is 1.68. The van der Waals surface area contributed by atoms with Crippen molar-refractivity contribution in [3.63, 3.8) is 0 Å². The highest BCUT2D eigenvalue weighted by atomic mass is 32.1. The molecule has 2 heterocycles. The van der Waals surface area contributed by atoms with Gasteiger partial charge in [0.15, 0.2) is 6.61 Å². The standard InChI is InChI=1S/C21H22FNO3S/c1-15-8-10-23(11-9-15)20(24)14-26-21(25)18(19-3-2-12-27-19)13-16-4-6-17(22)7-5-16/h2-7,12-13,15H,8-11,14H2,1H3. The van der Waals surface area contributed by atoms with E-state index in [1.807, 2.05) is 17.5 Å². The number of hydrogen-bond donors (Lipinski definition) is 0. The van der Waals surface area contributed by atoms with Crippen molar-refractivity contribution in [3.05, 3.63) is 58.0 Å². The largest absolute Gasteiger partial charge is 0.452 e. The molecule has 27 heavy (non-hydrogen) atoms. The highest BCUT2D eigenvalue weighted by Gasteiger charge is 2.22. The Kier molecular flexibility index (Phi) is 6.40.